The molecule has 0 saturated heterocycles. The van der Waals surface area contributed by atoms with Crippen molar-refractivity contribution < 1.29 is 0 Å². The first kappa shape index (κ1) is 14.1. The Kier molecular flexibility index (Phi) is 4.49. The first-order valence-corrected chi connectivity index (χ1v) is 7.23. The standard InChI is InChI=1S/C16H32/c1-13(2)16(5,6)12-15(3,4)11-14-9-7-8-10-14/h13-14H,7-12H2,1-6H3. The maximum atomic E-state index is 2.48. The largest absolute Gasteiger partial charge is 0.0623 e. The summed E-state index contributed by atoms with van der Waals surface area (Å²) in [6.07, 6.45) is 8.76. The number of rotatable bonds is 5. The van der Waals surface area contributed by atoms with Crippen LogP contribution in [0.15, 0.2) is 0 Å². The SMILES string of the molecule is CC(C)C(C)(C)CC(C)(C)CC1CCCC1. The highest BCUT2D eigenvalue weighted by Crippen LogP contribution is 2.44. The monoisotopic (exact) mass is 224 g/mol. The molecule has 0 heterocycles. The van der Waals surface area contributed by atoms with E-state index in [0.717, 1.165) is 11.8 Å². The topological polar surface area (TPSA) is 0 Å². The molecule has 1 aliphatic carbocycles. The predicted octanol–water partition coefficient (Wildman–Crippen LogP) is 5.67. The van der Waals surface area contributed by atoms with E-state index in [2.05, 4.69) is 41.5 Å². The Labute approximate surface area is 103 Å². The molecule has 0 N–H and O–H groups in total. The Hall–Kier alpha value is 0. The highest BCUT2D eigenvalue weighted by atomic mass is 14.4. The van der Waals surface area contributed by atoms with Crippen LogP contribution in [0.25, 0.3) is 0 Å². The molecule has 0 radical (unpaired) electrons. The molecule has 1 rings (SSSR count). The molecule has 1 aliphatic rings. The van der Waals surface area contributed by atoms with E-state index in [0.29, 0.717) is 10.8 Å². The number of hydrogen-bond acceptors (Lipinski definition) is 0. The Bertz CT molecular complexity index is 204. The summed E-state index contributed by atoms with van der Waals surface area (Å²) in [5.41, 5.74) is 1.02. The van der Waals surface area contributed by atoms with Crippen molar-refractivity contribution in [1.29, 1.82) is 0 Å². The molecule has 0 aromatic rings. The Balaban J connectivity index is 2.49. The quantitative estimate of drug-likeness (QED) is 0.565. The fraction of sp³-hybridized carbons (Fsp3) is 1.00. The van der Waals surface area contributed by atoms with E-state index >= 15 is 0 Å². The maximum absolute atomic E-state index is 2.48. The van der Waals surface area contributed by atoms with Crippen LogP contribution in [0.1, 0.15) is 80.1 Å². The van der Waals surface area contributed by atoms with Gasteiger partial charge in [-0.2, -0.15) is 0 Å². The smallest absolute Gasteiger partial charge is 0.0326 e. The van der Waals surface area contributed by atoms with Gasteiger partial charge in [0.25, 0.3) is 0 Å². The fourth-order valence-corrected chi connectivity index (χ4v) is 3.51. The van der Waals surface area contributed by atoms with E-state index in [1.165, 1.54) is 38.5 Å². The van der Waals surface area contributed by atoms with Gasteiger partial charge in [0.2, 0.25) is 0 Å². The lowest BCUT2D eigenvalue weighted by molar-refractivity contribution is 0.117. The summed E-state index contributed by atoms with van der Waals surface area (Å²) in [5.74, 6) is 1.81. The van der Waals surface area contributed by atoms with Crippen LogP contribution in [0.2, 0.25) is 0 Å². The molecule has 0 nitrogen and oxygen atoms in total. The lowest BCUT2D eigenvalue weighted by atomic mass is 9.66. The molecule has 0 heteroatoms. The summed E-state index contributed by atoms with van der Waals surface area (Å²) in [7, 11) is 0. The molecule has 1 fully saturated rings. The highest BCUT2D eigenvalue weighted by molar-refractivity contribution is 4.84. The van der Waals surface area contributed by atoms with Crippen molar-refractivity contribution in [3.05, 3.63) is 0 Å². The summed E-state index contributed by atoms with van der Waals surface area (Å²) < 4.78 is 0. The maximum Gasteiger partial charge on any atom is -0.0326 e. The second kappa shape index (κ2) is 5.10. The summed E-state index contributed by atoms with van der Waals surface area (Å²) >= 11 is 0. The zero-order valence-electron chi connectivity index (χ0n) is 12.4. The predicted molar refractivity (Wildman–Crippen MR) is 73.6 cm³/mol. The molecule has 0 unspecified atom stereocenters. The van der Waals surface area contributed by atoms with Gasteiger partial charge >= 0.3 is 0 Å². The normalized spacial score (nSPS) is 19.7. The number of hydrogen-bond donors (Lipinski definition) is 0. The molecule has 16 heavy (non-hydrogen) atoms. The molecule has 1 saturated carbocycles. The van der Waals surface area contributed by atoms with Gasteiger partial charge in [0, 0.05) is 0 Å². The first-order valence-electron chi connectivity index (χ1n) is 7.23. The van der Waals surface area contributed by atoms with Crippen molar-refractivity contribution in [2.45, 2.75) is 80.1 Å². The van der Waals surface area contributed by atoms with Gasteiger partial charge < -0.3 is 0 Å². The van der Waals surface area contributed by atoms with Crippen LogP contribution in [0.4, 0.5) is 0 Å². The minimum atomic E-state index is 0.488. The second-order valence-electron chi connectivity index (χ2n) is 7.84. The molecule has 0 amide bonds. The van der Waals surface area contributed by atoms with Crippen molar-refractivity contribution in [3.8, 4) is 0 Å². The fourth-order valence-electron chi connectivity index (χ4n) is 3.51. The van der Waals surface area contributed by atoms with Crippen molar-refractivity contribution in [2.24, 2.45) is 22.7 Å². The van der Waals surface area contributed by atoms with Gasteiger partial charge in [0.05, 0.1) is 0 Å². The molecule has 0 atom stereocenters. The lowest BCUT2D eigenvalue weighted by Gasteiger charge is -2.39. The van der Waals surface area contributed by atoms with E-state index in [-0.39, 0.29) is 0 Å². The summed E-state index contributed by atoms with van der Waals surface area (Å²) in [5, 5.41) is 0. The minimum absolute atomic E-state index is 0.488. The van der Waals surface area contributed by atoms with Crippen LogP contribution < -0.4 is 0 Å². The first-order chi connectivity index (χ1) is 7.23. The van der Waals surface area contributed by atoms with E-state index in [1.807, 2.05) is 0 Å². The van der Waals surface area contributed by atoms with Gasteiger partial charge in [0.1, 0.15) is 0 Å². The van der Waals surface area contributed by atoms with Gasteiger partial charge in [-0.15, -0.1) is 0 Å². The van der Waals surface area contributed by atoms with Crippen LogP contribution in [-0.2, 0) is 0 Å². The van der Waals surface area contributed by atoms with Gasteiger partial charge in [-0.05, 0) is 35.5 Å². The Morgan fingerprint density at radius 2 is 1.50 bits per heavy atom. The van der Waals surface area contributed by atoms with Crippen molar-refractivity contribution in [3.63, 3.8) is 0 Å². The van der Waals surface area contributed by atoms with E-state index in [1.54, 1.807) is 0 Å². The van der Waals surface area contributed by atoms with Crippen molar-refractivity contribution >= 4 is 0 Å². The van der Waals surface area contributed by atoms with Crippen LogP contribution in [-0.4, -0.2) is 0 Å². The Morgan fingerprint density at radius 3 is 1.94 bits per heavy atom. The summed E-state index contributed by atoms with van der Waals surface area (Å²) in [6.45, 7) is 14.6. The molecule has 0 aromatic carbocycles. The molecule has 0 aliphatic heterocycles. The van der Waals surface area contributed by atoms with Crippen molar-refractivity contribution in [2.75, 3.05) is 0 Å². The minimum Gasteiger partial charge on any atom is -0.0623 e. The lowest BCUT2D eigenvalue weighted by Crippen LogP contribution is -2.28. The zero-order chi connectivity index (χ0) is 12.4. The Morgan fingerprint density at radius 1 is 1.00 bits per heavy atom. The molecule has 0 spiro atoms. The van der Waals surface area contributed by atoms with E-state index < -0.39 is 0 Å². The molecule has 96 valence electrons. The average Bonchev–Trinajstić information content (AvgIpc) is 2.52. The molecule has 0 aromatic heterocycles. The van der Waals surface area contributed by atoms with Gasteiger partial charge in [-0.1, -0.05) is 67.2 Å². The zero-order valence-corrected chi connectivity index (χ0v) is 12.4. The third-order valence-electron chi connectivity index (χ3n) is 4.81. The summed E-state index contributed by atoms with van der Waals surface area (Å²) in [4.78, 5) is 0. The van der Waals surface area contributed by atoms with Gasteiger partial charge in [0.15, 0.2) is 0 Å². The van der Waals surface area contributed by atoms with Crippen LogP contribution >= 0.6 is 0 Å². The highest BCUT2D eigenvalue weighted by Gasteiger charge is 2.33. The van der Waals surface area contributed by atoms with Crippen LogP contribution in [0.5, 0.6) is 0 Å². The molecular formula is C16H32. The van der Waals surface area contributed by atoms with Crippen LogP contribution in [0.3, 0.4) is 0 Å². The van der Waals surface area contributed by atoms with E-state index in [9.17, 15) is 0 Å². The molecule has 0 bridgehead atoms. The summed E-state index contributed by atoms with van der Waals surface area (Å²) in [6, 6.07) is 0. The van der Waals surface area contributed by atoms with Gasteiger partial charge in [-0.25, -0.2) is 0 Å². The van der Waals surface area contributed by atoms with Crippen molar-refractivity contribution in [1.82, 2.24) is 0 Å². The average molecular weight is 224 g/mol. The third-order valence-corrected chi connectivity index (χ3v) is 4.81. The van der Waals surface area contributed by atoms with Gasteiger partial charge in [-0.3, -0.25) is 0 Å². The van der Waals surface area contributed by atoms with Crippen LogP contribution in [0, 0.1) is 22.7 Å². The molecular weight excluding hydrogens is 192 g/mol. The third kappa shape index (κ3) is 4.11. The van der Waals surface area contributed by atoms with E-state index in [4.69, 9.17) is 0 Å². The second-order valence-corrected chi connectivity index (χ2v) is 7.84.